The summed E-state index contributed by atoms with van der Waals surface area (Å²) in [4.78, 5) is 4.34. The number of aliphatic hydroxyl groups excluding tert-OH is 1. The third-order valence-electron chi connectivity index (χ3n) is 2.43. The first-order valence-corrected chi connectivity index (χ1v) is 7.92. The highest BCUT2D eigenvalue weighted by atomic mass is 32.2. The maximum absolute atomic E-state index is 9.88. The molecule has 1 aromatic carbocycles. The molecule has 1 aromatic heterocycles. The molecule has 0 aliphatic carbocycles. The molecule has 0 aliphatic heterocycles. The number of thioether (sulfide) groups is 1. The zero-order valence-corrected chi connectivity index (χ0v) is 12.6. The lowest BCUT2D eigenvalue weighted by Gasteiger charge is -2.11. The highest BCUT2D eigenvalue weighted by molar-refractivity contribution is 8.01. The molecule has 0 radical (unpaired) electrons. The van der Waals surface area contributed by atoms with Crippen molar-refractivity contribution in [2.24, 2.45) is 0 Å². The molecule has 1 unspecified atom stereocenters. The number of aliphatic hydroxyl groups is 1. The van der Waals surface area contributed by atoms with E-state index in [0.29, 0.717) is 12.4 Å². The van der Waals surface area contributed by atoms with E-state index in [1.54, 1.807) is 23.1 Å². The van der Waals surface area contributed by atoms with Gasteiger partial charge in [-0.2, -0.15) is 0 Å². The summed E-state index contributed by atoms with van der Waals surface area (Å²) in [5.74, 6) is 1.40. The lowest BCUT2D eigenvalue weighted by molar-refractivity contribution is 0.126. The molecule has 5 heteroatoms. The first-order valence-electron chi connectivity index (χ1n) is 6.06. The van der Waals surface area contributed by atoms with Gasteiger partial charge in [-0.1, -0.05) is 23.9 Å². The molecule has 1 atom stereocenters. The molecule has 0 fully saturated rings. The molecule has 0 aliphatic rings. The van der Waals surface area contributed by atoms with E-state index < -0.39 is 6.10 Å². The fourth-order valence-corrected chi connectivity index (χ4v) is 3.29. The number of rotatable bonds is 6. The van der Waals surface area contributed by atoms with E-state index in [1.165, 1.54) is 0 Å². The largest absolute Gasteiger partial charge is 0.491 e. The average molecular weight is 295 g/mol. The normalized spacial score (nSPS) is 12.4. The van der Waals surface area contributed by atoms with Gasteiger partial charge in [0.05, 0.1) is 6.10 Å². The minimum atomic E-state index is -0.491. The number of aromatic nitrogens is 1. The molecule has 0 saturated heterocycles. The zero-order chi connectivity index (χ0) is 13.7. The van der Waals surface area contributed by atoms with Crippen LogP contribution in [0.4, 0.5) is 0 Å². The number of benzene rings is 1. The lowest BCUT2D eigenvalue weighted by atomic mass is 10.2. The maximum atomic E-state index is 9.88. The molecule has 0 saturated carbocycles. The second kappa shape index (κ2) is 6.93. The summed E-state index contributed by atoms with van der Waals surface area (Å²) in [7, 11) is 0. The number of hydrogen-bond donors (Lipinski definition) is 1. The average Bonchev–Trinajstić information content (AvgIpc) is 2.80. The van der Waals surface area contributed by atoms with Crippen LogP contribution in [0.15, 0.2) is 34.0 Å². The van der Waals surface area contributed by atoms with Gasteiger partial charge in [-0.05, 0) is 31.5 Å². The van der Waals surface area contributed by atoms with E-state index in [2.05, 4.69) is 4.98 Å². The van der Waals surface area contributed by atoms with E-state index in [9.17, 15) is 5.11 Å². The number of thiazole rings is 1. The molecule has 0 bridgehead atoms. The maximum Gasteiger partial charge on any atom is 0.150 e. The second-order valence-electron chi connectivity index (χ2n) is 4.35. The Morgan fingerprint density at radius 3 is 2.95 bits per heavy atom. The van der Waals surface area contributed by atoms with Gasteiger partial charge in [-0.3, -0.25) is 0 Å². The number of ether oxygens (including phenoxy) is 1. The van der Waals surface area contributed by atoms with Crippen LogP contribution >= 0.6 is 23.1 Å². The highest BCUT2D eigenvalue weighted by Crippen LogP contribution is 2.23. The van der Waals surface area contributed by atoms with Crippen LogP contribution in [0.3, 0.4) is 0 Å². The molecular weight excluding hydrogens is 278 g/mol. The van der Waals surface area contributed by atoms with Crippen molar-refractivity contribution >= 4 is 23.1 Å². The number of aryl methyl sites for hydroxylation is 2. The van der Waals surface area contributed by atoms with E-state index in [1.807, 2.05) is 43.5 Å². The quantitative estimate of drug-likeness (QED) is 0.830. The fraction of sp³-hybridized carbons (Fsp3) is 0.357. The smallest absolute Gasteiger partial charge is 0.150 e. The summed E-state index contributed by atoms with van der Waals surface area (Å²) >= 11 is 3.17. The molecule has 102 valence electrons. The Balaban J connectivity index is 1.74. The van der Waals surface area contributed by atoms with Gasteiger partial charge in [-0.15, -0.1) is 11.3 Å². The van der Waals surface area contributed by atoms with Crippen LogP contribution in [0, 0.1) is 13.8 Å². The van der Waals surface area contributed by atoms with E-state index in [0.717, 1.165) is 21.3 Å². The van der Waals surface area contributed by atoms with Gasteiger partial charge in [0.2, 0.25) is 0 Å². The SMILES string of the molecule is Cc1cccc(OCC(O)CSc2nc(C)cs2)c1. The Morgan fingerprint density at radius 1 is 1.42 bits per heavy atom. The van der Waals surface area contributed by atoms with Gasteiger partial charge in [0.1, 0.15) is 16.7 Å². The summed E-state index contributed by atoms with van der Waals surface area (Å²) in [6, 6.07) is 7.83. The standard InChI is InChI=1S/C14H17NO2S2/c1-10-4-3-5-13(6-10)17-7-12(16)9-19-14-15-11(2)8-18-14/h3-6,8,12,16H,7,9H2,1-2H3. The second-order valence-corrected chi connectivity index (χ2v) is 6.47. The van der Waals surface area contributed by atoms with Crippen LogP contribution in [0.2, 0.25) is 0 Å². The van der Waals surface area contributed by atoms with Crippen molar-refractivity contribution in [3.05, 3.63) is 40.9 Å². The van der Waals surface area contributed by atoms with Gasteiger partial charge in [0.15, 0.2) is 0 Å². The monoisotopic (exact) mass is 295 g/mol. The van der Waals surface area contributed by atoms with Gasteiger partial charge in [-0.25, -0.2) is 4.98 Å². The third kappa shape index (κ3) is 4.86. The molecule has 2 aromatic rings. The summed E-state index contributed by atoms with van der Waals surface area (Å²) in [6.45, 7) is 4.29. The lowest BCUT2D eigenvalue weighted by Crippen LogP contribution is -2.20. The highest BCUT2D eigenvalue weighted by Gasteiger charge is 2.08. The summed E-state index contributed by atoms with van der Waals surface area (Å²) < 4.78 is 6.55. The van der Waals surface area contributed by atoms with Crippen LogP contribution in [0.1, 0.15) is 11.3 Å². The van der Waals surface area contributed by atoms with E-state index in [4.69, 9.17) is 4.74 Å². The molecule has 2 rings (SSSR count). The topological polar surface area (TPSA) is 42.4 Å². The minimum absolute atomic E-state index is 0.306. The van der Waals surface area contributed by atoms with Gasteiger partial charge < -0.3 is 9.84 Å². The van der Waals surface area contributed by atoms with E-state index in [-0.39, 0.29) is 0 Å². The predicted octanol–water partition coefficient (Wildman–Crippen LogP) is 3.29. The third-order valence-corrected chi connectivity index (χ3v) is 4.71. The molecule has 0 spiro atoms. The van der Waals surface area contributed by atoms with Crippen molar-refractivity contribution in [1.82, 2.24) is 4.98 Å². The zero-order valence-electron chi connectivity index (χ0n) is 11.0. The van der Waals surface area contributed by atoms with Crippen LogP contribution in [-0.2, 0) is 0 Å². The number of nitrogens with zero attached hydrogens (tertiary/aromatic N) is 1. The van der Waals surface area contributed by atoms with Gasteiger partial charge >= 0.3 is 0 Å². The van der Waals surface area contributed by atoms with Crippen molar-refractivity contribution in [3.8, 4) is 5.75 Å². The molecular formula is C14H17NO2S2. The van der Waals surface area contributed by atoms with Crippen molar-refractivity contribution in [1.29, 1.82) is 0 Å². The van der Waals surface area contributed by atoms with E-state index >= 15 is 0 Å². The molecule has 1 N–H and O–H groups in total. The molecule has 3 nitrogen and oxygen atoms in total. The van der Waals surface area contributed by atoms with Crippen LogP contribution in [0.25, 0.3) is 0 Å². The fourth-order valence-electron chi connectivity index (χ4n) is 1.51. The van der Waals surface area contributed by atoms with Crippen molar-refractivity contribution in [2.75, 3.05) is 12.4 Å². The van der Waals surface area contributed by atoms with Crippen molar-refractivity contribution < 1.29 is 9.84 Å². The Hall–Kier alpha value is -1.04. The molecule has 0 amide bonds. The van der Waals surface area contributed by atoms with Crippen molar-refractivity contribution in [2.45, 2.75) is 24.3 Å². The van der Waals surface area contributed by atoms with Gasteiger partial charge in [0, 0.05) is 16.8 Å². The summed E-state index contributed by atoms with van der Waals surface area (Å²) in [5, 5.41) is 11.9. The summed E-state index contributed by atoms with van der Waals surface area (Å²) in [5.41, 5.74) is 2.18. The Kier molecular flexibility index (Phi) is 5.24. The Labute approximate surface area is 121 Å². The van der Waals surface area contributed by atoms with Crippen molar-refractivity contribution in [3.63, 3.8) is 0 Å². The predicted molar refractivity (Wildman–Crippen MR) is 80.3 cm³/mol. The molecule has 19 heavy (non-hydrogen) atoms. The first-order chi connectivity index (χ1) is 9.13. The first kappa shape index (κ1) is 14.4. The van der Waals surface area contributed by atoms with Crippen LogP contribution in [-0.4, -0.2) is 28.6 Å². The Bertz CT molecular complexity index is 528. The van der Waals surface area contributed by atoms with Crippen LogP contribution < -0.4 is 4.74 Å². The minimum Gasteiger partial charge on any atom is -0.491 e. The number of hydrogen-bond acceptors (Lipinski definition) is 5. The van der Waals surface area contributed by atoms with Gasteiger partial charge in [0.25, 0.3) is 0 Å². The molecule has 1 heterocycles. The Morgan fingerprint density at radius 2 is 2.26 bits per heavy atom. The summed E-state index contributed by atoms with van der Waals surface area (Å²) in [6.07, 6.45) is -0.491. The van der Waals surface area contributed by atoms with Crippen LogP contribution in [0.5, 0.6) is 5.75 Å².